The van der Waals surface area contributed by atoms with E-state index in [-0.39, 0.29) is 5.82 Å². The maximum atomic E-state index is 12.9. The van der Waals surface area contributed by atoms with Crippen LogP contribution < -0.4 is 0 Å². The van der Waals surface area contributed by atoms with Gasteiger partial charge in [-0.1, -0.05) is 18.5 Å². The molecule has 0 unspecified atom stereocenters. The highest BCUT2D eigenvalue weighted by molar-refractivity contribution is 6.35. The highest BCUT2D eigenvalue weighted by atomic mass is 35.5. The van der Waals surface area contributed by atoms with Crippen molar-refractivity contribution in [2.45, 2.75) is 13.3 Å². The highest BCUT2D eigenvalue weighted by Crippen LogP contribution is 2.23. The maximum absolute atomic E-state index is 12.9. The van der Waals surface area contributed by atoms with Gasteiger partial charge in [-0.15, -0.1) is 0 Å². The number of nitrogens with zero attached hydrogens (tertiary/aromatic N) is 1. The summed E-state index contributed by atoms with van der Waals surface area (Å²) < 4.78 is 12.9. The van der Waals surface area contributed by atoms with Crippen LogP contribution in [0.1, 0.15) is 12.6 Å². The summed E-state index contributed by atoms with van der Waals surface area (Å²) in [6.07, 6.45) is 0.826. The van der Waals surface area contributed by atoms with Crippen molar-refractivity contribution in [3.8, 4) is 0 Å². The molecular weight excluding hydrogens is 201 g/mol. The monoisotopic (exact) mass is 209 g/mol. The number of benzene rings is 1. The van der Waals surface area contributed by atoms with E-state index in [4.69, 9.17) is 11.6 Å². The molecule has 1 aromatic carbocycles. The van der Waals surface area contributed by atoms with Gasteiger partial charge in [0.2, 0.25) is 0 Å². The molecule has 1 aromatic heterocycles. The van der Waals surface area contributed by atoms with Crippen molar-refractivity contribution in [3.63, 3.8) is 0 Å². The SMILES string of the molecule is CCc1cc(Cl)c2cc(F)ccc2n1. The summed E-state index contributed by atoms with van der Waals surface area (Å²) in [7, 11) is 0. The van der Waals surface area contributed by atoms with Crippen LogP contribution in [-0.4, -0.2) is 4.98 Å². The third kappa shape index (κ3) is 1.58. The fourth-order valence-corrected chi connectivity index (χ4v) is 1.67. The molecule has 3 heteroatoms. The van der Waals surface area contributed by atoms with Crippen LogP contribution in [0.25, 0.3) is 10.9 Å². The first-order valence-corrected chi connectivity index (χ1v) is 4.83. The molecule has 1 nitrogen and oxygen atoms in total. The minimum absolute atomic E-state index is 0.287. The summed E-state index contributed by atoms with van der Waals surface area (Å²) in [6, 6.07) is 6.23. The smallest absolute Gasteiger partial charge is 0.124 e. The molecule has 0 saturated carbocycles. The molecule has 0 saturated heterocycles. The summed E-state index contributed by atoms with van der Waals surface area (Å²) in [6.45, 7) is 2.01. The largest absolute Gasteiger partial charge is 0.253 e. The molecule has 0 radical (unpaired) electrons. The minimum atomic E-state index is -0.287. The Morgan fingerprint density at radius 2 is 2.14 bits per heavy atom. The Morgan fingerprint density at radius 3 is 2.86 bits per heavy atom. The normalized spacial score (nSPS) is 10.8. The van der Waals surface area contributed by atoms with Gasteiger partial charge in [0.05, 0.1) is 10.5 Å². The van der Waals surface area contributed by atoms with Gasteiger partial charge in [0.1, 0.15) is 5.82 Å². The molecule has 0 aliphatic carbocycles. The van der Waals surface area contributed by atoms with Crippen molar-refractivity contribution in [2.24, 2.45) is 0 Å². The Kier molecular flexibility index (Phi) is 2.38. The van der Waals surface area contributed by atoms with Gasteiger partial charge in [-0.05, 0) is 30.7 Å². The van der Waals surface area contributed by atoms with Crippen LogP contribution in [0.15, 0.2) is 24.3 Å². The molecule has 0 bridgehead atoms. The summed E-state index contributed by atoms with van der Waals surface area (Å²) in [5, 5.41) is 1.23. The standard InChI is InChI=1S/C11H9ClFN/c1-2-8-6-10(12)9-5-7(13)3-4-11(9)14-8/h3-6H,2H2,1H3. The summed E-state index contributed by atoms with van der Waals surface area (Å²) >= 11 is 6.01. The van der Waals surface area contributed by atoms with Gasteiger partial charge in [0.25, 0.3) is 0 Å². The lowest BCUT2D eigenvalue weighted by Gasteiger charge is -2.03. The highest BCUT2D eigenvalue weighted by Gasteiger charge is 2.03. The second kappa shape index (κ2) is 3.54. The minimum Gasteiger partial charge on any atom is -0.253 e. The molecule has 2 aromatic rings. The van der Waals surface area contributed by atoms with E-state index in [2.05, 4.69) is 4.98 Å². The van der Waals surface area contributed by atoms with Gasteiger partial charge in [-0.25, -0.2) is 4.39 Å². The van der Waals surface area contributed by atoms with Crippen molar-refractivity contribution in [1.82, 2.24) is 4.98 Å². The molecule has 2 rings (SSSR count). The van der Waals surface area contributed by atoms with Crippen LogP contribution in [0.3, 0.4) is 0 Å². The number of pyridine rings is 1. The molecule has 1 heterocycles. The van der Waals surface area contributed by atoms with E-state index < -0.39 is 0 Å². The van der Waals surface area contributed by atoms with E-state index in [1.165, 1.54) is 12.1 Å². The van der Waals surface area contributed by atoms with Crippen LogP contribution in [0.5, 0.6) is 0 Å². The van der Waals surface area contributed by atoms with Gasteiger partial charge < -0.3 is 0 Å². The number of hydrogen-bond donors (Lipinski definition) is 0. The van der Waals surface area contributed by atoms with Crippen molar-refractivity contribution < 1.29 is 4.39 Å². The van der Waals surface area contributed by atoms with Crippen LogP contribution in [0, 0.1) is 5.82 Å². The van der Waals surface area contributed by atoms with Gasteiger partial charge in [-0.3, -0.25) is 4.98 Å². The molecule has 0 N–H and O–H groups in total. The lowest BCUT2D eigenvalue weighted by Crippen LogP contribution is -1.89. The number of fused-ring (bicyclic) bond motifs is 1. The molecular formula is C11H9ClFN. The fraction of sp³-hybridized carbons (Fsp3) is 0.182. The Balaban J connectivity index is 2.76. The first kappa shape index (κ1) is 9.41. The Morgan fingerprint density at radius 1 is 1.36 bits per heavy atom. The predicted octanol–water partition coefficient (Wildman–Crippen LogP) is 3.59. The summed E-state index contributed by atoms with van der Waals surface area (Å²) in [5.74, 6) is -0.287. The quantitative estimate of drug-likeness (QED) is 0.700. The van der Waals surface area contributed by atoms with E-state index in [1.807, 2.05) is 6.92 Å². The number of rotatable bonds is 1. The van der Waals surface area contributed by atoms with Crippen molar-refractivity contribution in [2.75, 3.05) is 0 Å². The molecule has 0 aliphatic heterocycles. The van der Waals surface area contributed by atoms with Crippen LogP contribution in [0.4, 0.5) is 4.39 Å². The van der Waals surface area contributed by atoms with Crippen molar-refractivity contribution >= 4 is 22.5 Å². The van der Waals surface area contributed by atoms with E-state index in [1.54, 1.807) is 12.1 Å². The van der Waals surface area contributed by atoms with E-state index >= 15 is 0 Å². The fourth-order valence-electron chi connectivity index (χ4n) is 1.39. The second-order valence-corrected chi connectivity index (χ2v) is 3.52. The third-order valence-corrected chi connectivity index (χ3v) is 2.45. The maximum Gasteiger partial charge on any atom is 0.124 e. The molecule has 0 aliphatic rings. The Bertz CT molecular complexity index is 482. The topological polar surface area (TPSA) is 12.9 Å². The lowest BCUT2D eigenvalue weighted by atomic mass is 10.2. The zero-order valence-corrected chi connectivity index (χ0v) is 8.48. The third-order valence-electron chi connectivity index (χ3n) is 2.14. The first-order valence-electron chi connectivity index (χ1n) is 4.45. The van der Waals surface area contributed by atoms with Gasteiger partial charge >= 0.3 is 0 Å². The predicted molar refractivity (Wildman–Crippen MR) is 56.1 cm³/mol. The molecule has 0 amide bonds. The average molecular weight is 210 g/mol. The van der Waals surface area contributed by atoms with Gasteiger partial charge in [-0.2, -0.15) is 0 Å². The van der Waals surface area contributed by atoms with Gasteiger partial charge in [0.15, 0.2) is 0 Å². The molecule has 14 heavy (non-hydrogen) atoms. The first-order chi connectivity index (χ1) is 6.70. The van der Waals surface area contributed by atoms with Crippen molar-refractivity contribution in [1.29, 1.82) is 0 Å². The zero-order chi connectivity index (χ0) is 10.1. The van der Waals surface area contributed by atoms with E-state index in [9.17, 15) is 4.39 Å². The summed E-state index contributed by atoms with van der Waals surface area (Å²) in [4.78, 5) is 4.34. The summed E-state index contributed by atoms with van der Waals surface area (Å²) in [5.41, 5.74) is 1.67. The molecule has 72 valence electrons. The van der Waals surface area contributed by atoms with E-state index in [0.717, 1.165) is 17.6 Å². The Labute approximate surface area is 86.5 Å². The number of halogens is 2. The molecule has 0 spiro atoms. The van der Waals surface area contributed by atoms with E-state index in [0.29, 0.717) is 10.4 Å². The Hall–Kier alpha value is -1.15. The second-order valence-electron chi connectivity index (χ2n) is 3.11. The van der Waals surface area contributed by atoms with Gasteiger partial charge in [0, 0.05) is 11.1 Å². The lowest BCUT2D eigenvalue weighted by molar-refractivity contribution is 0.629. The molecule has 0 atom stereocenters. The average Bonchev–Trinajstić information content (AvgIpc) is 2.19. The zero-order valence-electron chi connectivity index (χ0n) is 7.72. The van der Waals surface area contributed by atoms with Crippen LogP contribution in [-0.2, 0) is 6.42 Å². The molecule has 0 fully saturated rings. The van der Waals surface area contributed by atoms with Crippen LogP contribution >= 0.6 is 11.6 Å². The van der Waals surface area contributed by atoms with Crippen LogP contribution in [0.2, 0.25) is 5.02 Å². The number of aryl methyl sites for hydroxylation is 1. The number of hydrogen-bond acceptors (Lipinski definition) is 1. The van der Waals surface area contributed by atoms with Crippen molar-refractivity contribution in [3.05, 3.63) is 40.8 Å². The number of aromatic nitrogens is 1.